The van der Waals surface area contributed by atoms with E-state index in [1.165, 1.54) is 6.07 Å². The van der Waals surface area contributed by atoms with Crippen molar-refractivity contribution in [1.29, 1.82) is 0 Å². The molecule has 0 saturated carbocycles. The number of rotatable bonds is 4. The fourth-order valence-corrected chi connectivity index (χ4v) is 2.88. The van der Waals surface area contributed by atoms with Crippen LogP contribution in [0.1, 0.15) is 37.4 Å². The first-order valence-electron chi connectivity index (χ1n) is 7.06. The van der Waals surface area contributed by atoms with Gasteiger partial charge in [0.05, 0.1) is 11.7 Å². The van der Waals surface area contributed by atoms with E-state index in [1.807, 2.05) is 13.8 Å². The zero-order valence-electron chi connectivity index (χ0n) is 12.0. The Balaban J connectivity index is 2.31. The highest BCUT2D eigenvalue weighted by Gasteiger charge is 2.36. The summed E-state index contributed by atoms with van der Waals surface area (Å²) in [6.45, 7) is 5.11. The second-order valence-corrected chi connectivity index (χ2v) is 5.30. The van der Waals surface area contributed by atoms with Gasteiger partial charge in [-0.15, -0.1) is 0 Å². The van der Waals surface area contributed by atoms with Crippen LogP contribution in [0.2, 0.25) is 0 Å². The largest absolute Gasteiger partial charge is 0.419 e. The van der Waals surface area contributed by atoms with E-state index in [-0.39, 0.29) is 18.1 Å². The van der Waals surface area contributed by atoms with Crippen molar-refractivity contribution in [2.24, 2.45) is 5.92 Å². The van der Waals surface area contributed by atoms with Crippen LogP contribution >= 0.6 is 0 Å². The molecule has 1 heterocycles. The van der Waals surface area contributed by atoms with E-state index >= 15 is 0 Å². The normalized spacial score (nSPS) is 24.3. The van der Waals surface area contributed by atoms with Crippen molar-refractivity contribution in [1.82, 2.24) is 5.32 Å². The Kier molecular flexibility index (Phi) is 4.88. The minimum absolute atomic E-state index is 0.000552. The van der Waals surface area contributed by atoms with Gasteiger partial charge in [-0.3, -0.25) is 0 Å². The van der Waals surface area contributed by atoms with E-state index in [0.29, 0.717) is 18.7 Å². The van der Waals surface area contributed by atoms with E-state index < -0.39 is 17.6 Å². The lowest BCUT2D eigenvalue weighted by Crippen LogP contribution is -2.32. The van der Waals surface area contributed by atoms with Crippen molar-refractivity contribution in [3.05, 3.63) is 35.1 Å². The minimum atomic E-state index is -4.67. The zero-order valence-corrected chi connectivity index (χ0v) is 12.0. The van der Waals surface area contributed by atoms with Gasteiger partial charge in [0.2, 0.25) is 0 Å². The summed E-state index contributed by atoms with van der Waals surface area (Å²) in [7, 11) is 0. The molecule has 1 fully saturated rings. The molecule has 0 radical (unpaired) electrons. The van der Waals surface area contributed by atoms with Crippen LogP contribution in [-0.2, 0) is 10.9 Å². The number of hydrogen-bond acceptors (Lipinski definition) is 2. The number of ether oxygens (including phenoxy) is 1. The highest BCUT2D eigenvalue weighted by Crippen LogP contribution is 2.36. The Morgan fingerprint density at radius 2 is 2.10 bits per heavy atom. The number of halogens is 4. The smallest absolute Gasteiger partial charge is 0.378 e. The first kappa shape index (κ1) is 16.2. The molecule has 0 aliphatic carbocycles. The van der Waals surface area contributed by atoms with Gasteiger partial charge in [0.15, 0.2) is 0 Å². The van der Waals surface area contributed by atoms with Crippen LogP contribution in [0.4, 0.5) is 17.6 Å². The summed E-state index contributed by atoms with van der Waals surface area (Å²) in [5.41, 5.74) is -0.693. The van der Waals surface area contributed by atoms with Crippen LogP contribution in [0.5, 0.6) is 0 Å². The summed E-state index contributed by atoms with van der Waals surface area (Å²) in [6.07, 6.45) is -3.86. The van der Waals surface area contributed by atoms with Gasteiger partial charge in [-0.1, -0.05) is 13.0 Å². The lowest BCUT2D eigenvalue weighted by Gasteiger charge is -2.27. The third kappa shape index (κ3) is 3.55. The molecule has 3 unspecified atom stereocenters. The molecule has 0 aromatic heterocycles. The highest BCUT2D eigenvalue weighted by molar-refractivity contribution is 5.29. The van der Waals surface area contributed by atoms with Gasteiger partial charge >= 0.3 is 6.18 Å². The molecule has 1 saturated heterocycles. The van der Waals surface area contributed by atoms with Crippen LogP contribution in [0, 0.1) is 11.7 Å². The molecular weight excluding hydrogens is 286 g/mol. The number of alkyl halides is 3. The maximum Gasteiger partial charge on any atom is 0.419 e. The molecular formula is C15H19F4NO. The number of hydrogen-bond donors (Lipinski definition) is 1. The Bertz CT molecular complexity index is 489. The van der Waals surface area contributed by atoms with Gasteiger partial charge in [0.25, 0.3) is 0 Å². The molecule has 21 heavy (non-hydrogen) atoms. The Morgan fingerprint density at radius 1 is 1.38 bits per heavy atom. The topological polar surface area (TPSA) is 21.3 Å². The van der Waals surface area contributed by atoms with Crippen LogP contribution in [-0.4, -0.2) is 19.3 Å². The van der Waals surface area contributed by atoms with Crippen molar-refractivity contribution < 1.29 is 22.3 Å². The monoisotopic (exact) mass is 305 g/mol. The summed E-state index contributed by atoms with van der Waals surface area (Å²) in [6, 6.07) is 2.95. The van der Waals surface area contributed by atoms with E-state index in [9.17, 15) is 17.6 Å². The summed E-state index contributed by atoms with van der Waals surface area (Å²) < 4.78 is 57.1. The average molecular weight is 305 g/mol. The second kappa shape index (κ2) is 6.32. The van der Waals surface area contributed by atoms with E-state index in [1.54, 1.807) is 0 Å². The van der Waals surface area contributed by atoms with Crippen LogP contribution < -0.4 is 5.32 Å². The van der Waals surface area contributed by atoms with Crippen molar-refractivity contribution in [3.63, 3.8) is 0 Å². The van der Waals surface area contributed by atoms with E-state index in [4.69, 9.17) is 4.74 Å². The lowest BCUT2D eigenvalue weighted by atomic mass is 9.87. The van der Waals surface area contributed by atoms with Gasteiger partial charge in [-0.05, 0) is 37.6 Å². The molecule has 0 amide bonds. The predicted octanol–water partition coefficient (Wildman–Crippen LogP) is 3.92. The first-order valence-corrected chi connectivity index (χ1v) is 7.06. The molecule has 1 aromatic rings. The lowest BCUT2D eigenvalue weighted by molar-refractivity contribution is -0.140. The number of benzene rings is 1. The van der Waals surface area contributed by atoms with E-state index in [0.717, 1.165) is 18.6 Å². The first-order chi connectivity index (χ1) is 9.84. The van der Waals surface area contributed by atoms with Crippen molar-refractivity contribution in [2.75, 3.05) is 13.2 Å². The van der Waals surface area contributed by atoms with Gasteiger partial charge in [0, 0.05) is 18.6 Å². The molecule has 118 valence electrons. The minimum Gasteiger partial charge on any atom is -0.378 e. The zero-order chi connectivity index (χ0) is 15.6. The third-order valence-electron chi connectivity index (χ3n) is 3.94. The molecule has 6 heteroatoms. The van der Waals surface area contributed by atoms with Crippen molar-refractivity contribution >= 4 is 0 Å². The molecule has 2 nitrogen and oxygen atoms in total. The van der Waals surface area contributed by atoms with Crippen LogP contribution in [0.25, 0.3) is 0 Å². The molecule has 2 rings (SSSR count). The van der Waals surface area contributed by atoms with Crippen LogP contribution in [0.15, 0.2) is 18.2 Å². The molecule has 0 spiro atoms. The summed E-state index contributed by atoms with van der Waals surface area (Å²) in [5.74, 6) is -1.10. The summed E-state index contributed by atoms with van der Waals surface area (Å²) in [5, 5.41) is 3.23. The van der Waals surface area contributed by atoms with Gasteiger partial charge < -0.3 is 10.1 Å². The quantitative estimate of drug-likeness (QED) is 0.851. The Labute approximate surface area is 121 Å². The maximum absolute atomic E-state index is 13.8. The highest BCUT2D eigenvalue weighted by atomic mass is 19.4. The molecule has 0 bridgehead atoms. The van der Waals surface area contributed by atoms with Gasteiger partial charge in [-0.25, -0.2) is 4.39 Å². The van der Waals surface area contributed by atoms with Gasteiger partial charge in [-0.2, -0.15) is 13.2 Å². The standard InChI is InChI=1S/C15H19F4NO/c1-3-20-14(11-6-7-21-9(11)2)10-4-5-12(13(16)8-10)15(17,18)19/h4-5,8-9,11,14,20H,3,6-7H2,1-2H3. The average Bonchev–Trinajstić information content (AvgIpc) is 2.80. The van der Waals surface area contributed by atoms with Crippen molar-refractivity contribution in [2.45, 2.75) is 38.6 Å². The second-order valence-electron chi connectivity index (χ2n) is 5.30. The summed E-state index contributed by atoms with van der Waals surface area (Å²) >= 11 is 0. The fourth-order valence-electron chi connectivity index (χ4n) is 2.88. The molecule has 1 N–H and O–H groups in total. The van der Waals surface area contributed by atoms with Crippen molar-refractivity contribution in [3.8, 4) is 0 Å². The number of nitrogens with one attached hydrogen (secondary N) is 1. The Hall–Kier alpha value is -1.14. The molecule has 1 aromatic carbocycles. The molecule has 3 atom stereocenters. The summed E-state index contributed by atoms with van der Waals surface area (Å²) in [4.78, 5) is 0. The van der Waals surface area contributed by atoms with Crippen LogP contribution in [0.3, 0.4) is 0 Å². The maximum atomic E-state index is 13.8. The van der Waals surface area contributed by atoms with E-state index in [2.05, 4.69) is 5.32 Å². The Morgan fingerprint density at radius 3 is 2.57 bits per heavy atom. The predicted molar refractivity (Wildman–Crippen MR) is 71.3 cm³/mol. The molecule has 1 aliphatic heterocycles. The molecule has 1 aliphatic rings. The SMILES string of the molecule is CCNC(c1ccc(C(F)(F)F)c(F)c1)C1CCOC1C. The fraction of sp³-hybridized carbons (Fsp3) is 0.600. The van der Waals surface area contributed by atoms with Gasteiger partial charge in [0.1, 0.15) is 5.82 Å². The third-order valence-corrected chi connectivity index (χ3v) is 3.94.